The Bertz CT molecular complexity index is 241. The Kier molecular flexibility index (Phi) is 2.16. The van der Waals surface area contributed by atoms with Crippen molar-refractivity contribution < 1.29 is 0 Å². The summed E-state index contributed by atoms with van der Waals surface area (Å²) in [4.78, 5) is 0. The zero-order chi connectivity index (χ0) is 8.39. The molecule has 0 amide bonds. The monoisotopic (exact) mass is 158 g/mol. The van der Waals surface area contributed by atoms with Gasteiger partial charge in [-0.3, -0.25) is 0 Å². The fourth-order valence-corrected chi connectivity index (χ4v) is 1.50. The normalized spacial score (nSPS) is 17.4. The van der Waals surface area contributed by atoms with Gasteiger partial charge in [-0.15, -0.1) is 0 Å². The molecule has 0 N–H and O–H groups in total. The highest BCUT2D eigenvalue weighted by Gasteiger charge is 2.19. The molecule has 0 saturated heterocycles. The molecule has 1 aromatic carbocycles. The van der Waals surface area contributed by atoms with Crippen LogP contribution in [-0.2, 0) is 6.42 Å². The van der Waals surface area contributed by atoms with Crippen LogP contribution in [0.2, 0.25) is 0 Å². The lowest BCUT2D eigenvalue weighted by atomic mass is 9.80. The second-order valence-corrected chi connectivity index (χ2v) is 3.35. The minimum Gasteiger partial charge on any atom is -0.0613 e. The van der Waals surface area contributed by atoms with Crippen molar-refractivity contribution in [3.8, 4) is 0 Å². The Labute approximate surface area is 74.6 Å². The SMILES string of the molecule is CCc1ccc([C]2C[CH]C2)cc1. The third-order valence-electron chi connectivity index (χ3n) is 2.55. The molecule has 1 aliphatic carbocycles. The summed E-state index contributed by atoms with van der Waals surface area (Å²) in [7, 11) is 0. The summed E-state index contributed by atoms with van der Waals surface area (Å²) >= 11 is 0. The van der Waals surface area contributed by atoms with Gasteiger partial charge in [0.15, 0.2) is 0 Å². The van der Waals surface area contributed by atoms with Crippen LogP contribution in [0.5, 0.6) is 0 Å². The van der Waals surface area contributed by atoms with Crippen LogP contribution in [0, 0.1) is 12.3 Å². The Morgan fingerprint density at radius 1 is 1.08 bits per heavy atom. The molecule has 0 aliphatic heterocycles. The van der Waals surface area contributed by atoms with Crippen LogP contribution in [0.1, 0.15) is 30.9 Å². The topological polar surface area (TPSA) is 0 Å². The van der Waals surface area contributed by atoms with Crippen molar-refractivity contribution in [2.75, 3.05) is 0 Å². The van der Waals surface area contributed by atoms with Crippen molar-refractivity contribution in [2.45, 2.75) is 26.2 Å². The number of hydrogen-bond donors (Lipinski definition) is 0. The molecule has 0 heteroatoms. The summed E-state index contributed by atoms with van der Waals surface area (Å²) in [5.41, 5.74) is 2.87. The van der Waals surface area contributed by atoms with Gasteiger partial charge in [0.2, 0.25) is 0 Å². The van der Waals surface area contributed by atoms with Crippen molar-refractivity contribution in [3.05, 3.63) is 47.7 Å². The smallest absolute Gasteiger partial charge is 0.00555 e. The molecule has 0 heterocycles. The first-order chi connectivity index (χ1) is 5.90. The molecule has 1 aliphatic rings. The van der Waals surface area contributed by atoms with Crippen LogP contribution in [0.4, 0.5) is 0 Å². The van der Waals surface area contributed by atoms with E-state index in [2.05, 4.69) is 37.6 Å². The van der Waals surface area contributed by atoms with Gasteiger partial charge < -0.3 is 0 Å². The minimum absolute atomic E-state index is 1.14. The van der Waals surface area contributed by atoms with Crippen molar-refractivity contribution in [1.82, 2.24) is 0 Å². The van der Waals surface area contributed by atoms with Crippen molar-refractivity contribution in [2.24, 2.45) is 0 Å². The number of benzene rings is 1. The van der Waals surface area contributed by atoms with Gasteiger partial charge >= 0.3 is 0 Å². The molecule has 62 valence electrons. The average Bonchev–Trinajstić information content (AvgIpc) is 2.03. The van der Waals surface area contributed by atoms with E-state index >= 15 is 0 Å². The van der Waals surface area contributed by atoms with Crippen molar-refractivity contribution in [1.29, 1.82) is 0 Å². The first kappa shape index (κ1) is 7.85. The minimum atomic E-state index is 1.14. The Hall–Kier alpha value is -0.780. The van der Waals surface area contributed by atoms with E-state index in [0.717, 1.165) is 6.42 Å². The Morgan fingerprint density at radius 3 is 2.17 bits per heavy atom. The summed E-state index contributed by atoms with van der Waals surface area (Å²) < 4.78 is 0. The van der Waals surface area contributed by atoms with Crippen molar-refractivity contribution >= 4 is 0 Å². The third-order valence-corrected chi connectivity index (χ3v) is 2.55. The predicted octanol–water partition coefficient (Wildman–Crippen LogP) is 3.17. The summed E-state index contributed by atoms with van der Waals surface area (Å²) in [5, 5.41) is 0. The quantitative estimate of drug-likeness (QED) is 0.620. The summed E-state index contributed by atoms with van der Waals surface area (Å²) in [5.74, 6) is 1.60. The lowest BCUT2D eigenvalue weighted by molar-refractivity contribution is 0.734. The lowest BCUT2D eigenvalue weighted by Crippen LogP contribution is -2.10. The maximum Gasteiger partial charge on any atom is 0.00555 e. The van der Waals surface area contributed by atoms with Gasteiger partial charge in [0.1, 0.15) is 0 Å². The molecule has 0 nitrogen and oxygen atoms in total. The highest BCUT2D eigenvalue weighted by molar-refractivity contribution is 5.38. The van der Waals surface area contributed by atoms with Crippen LogP contribution in [0.15, 0.2) is 24.3 Å². The van der Waals surface area contributed by atoms with Gasteiger partial charge in [-0.2, -0.15) is 0 Å². The van der Waals surface area contributed by atoms with Gasteiger partial charge in [0, 0.05) is 5.92 Å². The lowest BCUT2D eigenvalue weighted by Gasteiger charge is -2.24. The van der Waals surface area contributed by atoms with Gasteiger partial charge in [-0.1, -0.05) is 31.2 Å². The average molecular weight is 158 g/mol. The van der Waals surface area contributed by atoms with Gasteiger partial charge in [0.25, 0.3) is 0 Å². The van der Waals surface area contributed by atoms with E-state index in [9.17, 15) is 0 Å². The molecule has 1 saturated carbocycles. The van der Waals surface area contributed by atoms with Crippen LogP contribution in [0.25, 0.3) is 0 Å². The number of aryl methyl sites for hydroxylation is 1. The van der Waals surface area contributed by atoms with Gasteiger partial charge in [0.05, 0.1) is 0 Å². The molecule has 2 rings (SSSR count). The molecule has 12 heavy (non-hydrogen) atoms. The summed E-state index contributed by atoms with van der Waals surface area (Å²) in [6, 6.07) is 8.98. The fraction of sp³-hybridized carbons (Fsp3) is 0.333. The molecule has 1 aromatic rings. The van der Waals surface area contributed by atoms with E-state index in [4.69, 9.17) is 0 Å². The van der Waals surface area contributed by atoms with E-state index < -0.39 is 0 Å². The van der Waals surface area contributed by atoms with Crippen LogP contribution in [0.3, 0.4) is 0 Å². The third kappa shape index (κ3) is 1.38. The standard InChI is InChI=1S/C12H14/c1-2-10-6-8-12(9-7-10)11-4-3-5-11/h3,6-9H,2,4-5H2,1H3. The molecular formula is C12H14. The maximum absolute atomic E-state index is 2.32. The maximum atomic E-state index is 2.32. The van der Waals surface area contributed by atoms with Crippen LogP contribution >= 0.6 is 0 Å². The predicted molar refractivity (Wildman–Crippen MR) is 51.7 cm³/mol. The molecule has 0 bridgehead atoms. The summed E-state index contributed by atoms with van der Waals surface area (Å²) in [6.07, 6.45) is 5.86. The highest BCUT2D eigenvalue weighted by atomic mass is 14.2. The largest absolute Gasteiger partial charge is 0.0613 e. The Morgan fingerprint density at radius 2 is 1.75 bits per heavy atom. The second kappa shape index (κ2) is 3.30. The van der Waals surface area contributed by atoms with E-state index in [0.29, 0.717) is 0 Å². The highest BCUT2D eigenvalue weighted by Crippen LogP contribution is 2.34. The molecular weight excluding hydrogens is 144 g/mol. The number of rotatable bonds is 2. The van der Waals surface area contributed by atoms with E-state index in [1.165, 1.54) is 24.0 Å². The van der Waals surface area contributed by atoms with Crippen molar-refractivity contribution in [3.63, 3.8) is 0 Å². The van der Waals surface area contributed by atoms with Gasteiger partial charge in [-0.05, 0) is 36.8 Å². The van der Waals surface area contributed by atoms with Crippen LogP contribution in [-0.4, -0.2) is 0 Å². The first-order valence-electron chi connectivity index (χ1n) is 4.66. The second-order valence-electron chi connectivity index (χ2n) is 3.35. The van der Waals surface area contributed by atoms with E-state index in [-0.39, 0.29) is 0 Å². The molecule has 2 radical (unpaired) electrons. The molecule has 0 atom stereocenters. The number of hydrogen-bond acceptors (Lipinski definition) is 0. The van der Waals surface area contributed by atoms with Gasteiger partial charge in [-0.25, -0.2) is 0 Å². The molecule has 0 unspecified atom stereocenters. The first-order valence-corrected chi connectivity index (χ1v) is 4.66. The molecule has 0 aromatic heterocycles. The van der Waals surface area contributed by atoms with E-state index in [1.54, 1.807) is 5.92 Å². The zero-order valence-electron chi connectivity index (χ0n) is 7.51. The fourth-order valence-electron chi connectivity index (χ4n) is 1.50. The zero-order valence-corrected chi connectivity index (χ0v) is 7.51. The van der Waals surface area contributed by atoms with Crippen LogP contribution < -0.4 is 0 Å². The van der Waals surface area contributed by atoms with E-state index in [1.807, 2.05) is 0 Å². The molecule has 0 spiro atoms. The Balaban J connectivity index is 2.13. The molecule has 1 fully saturated rings. The summed E-state index contributed by atoms with van der Waals surface area (Å²) in [6.45, 7) is 2.19.